The summed E-state index contributed by atoms with van der Waals surface area (Å²) in [5.41, 5.74) is 3.43. The fraction of sp³-hybridized carbons (Fsp3) is 0.156. The molecule has 4 atom stereocenters. The van der Waals surface area contributed by atoms with Crippen molar-refractivity contribution in [3.05, 3.63) is 122 Å². The van der Waals surface area contributed by atoms with Crippen molar-refractivity contribution in [1.29, 1.82) is 0 Å². The molecule has 1 spiro atoms. The van der Waals surface area contributed by atoms with Gasteiger partial charge in [-0.2, -0.15) is 0 Å². The molecule has 0 bridgehead atoms. The number of hydrogen-bond acceptors (Lipinski definition) is 5. The van der Waals surface area contributed by atoms with Crippen molar-refractivity contribution in [3.63, 3.8) is 0 Å². The zero-order valence-electron chi connectivity index (χ0n) is 20.9. The Balaban J connectivity index is 1.54. The van der Waals surface area contributed by atoms with E-state index in [1.165, 1.54) is 11.3 Å². The van der Waals surface area contributed by atoms with E-state index in [-0.39, 0.29) is 17.5 Å². The monoisotopic (exact) mass is 550 g/mol. The van der Waals surface area contributed by atoms with Gasteiger partial charge in [0.15, 0.2) is 11.6 Å². The Morgan fingerprint density at radius 3 is 2.54 bits per heavy atom. The molecule has 5 nitrogen and oxygen atoms in total. The van der Waals surface area contributed by atoms with Crippen LogP contribution in [0.3, 0.4) is 0 Å². The van der Waals surface area contributed by atoms with Gasteiger partial charge in [-0.05, 0) is 72.0 Å². The van der Waals surface area contributed by atoms with Crippen molar-refractivity contribution in [2.45, 2.75) is 24.4 Å². The number of anilines is 2. The molecule has 4 heterocycles. The summed E-state index contributed by atoms with van der Waals surface area (Å²) >= 11 is 7.48. The molecule has 3 aromatic carbocycles. The van der Waals surface area contributed by atoms with Crippen LogP contribution in [0.15, 0.2) is 90.3 Å². The lowest BCUT2D eigenvalue weighted by Crippen LogP contribution is -2.51. The molecular weight excluding hydrogens is 528 g/mol. The van der Waals surface area contributed by atoms with Crippen molar-refractivity contribution in [3.8, 4) is 0 Å². The summed E-state index contributed by atoms with van der Waals surface area (Å²) in [7, 11) is 0. The average Bonchev–Trinajstić information content (AvgIpc) is 3.65. The van der Waals surface area contributed by atoms with Crippen LogP contribution in [0.2, 0.25) is 5.02 Å². The maximum Gasteiger partial charge on any atom is 0.238 e. The largest absolute Gasteiger partial charge is 0.352 e. The van der Waals surface area contributed by atoms with Crippen LogP contribution in [0.25, 0.3) is 6.08 Å². The quantitative estimate of drug-likeness (QED) is 0.292. The molecule has 39 heavy (non-hydrogen) atoms. The predicted octanol–water partition coefficient (Wildman–Crippen LogP) is 6.57. The molecule has 0 saturated carbocycles. The lowest BCUT2D eigenvalue weighted by Gasteiger charge is -2.37. The maximum absolute atomic E-state index is 14.5. The molecule has 1 aromatic heterocycles. The number of aryl methyl sites for hydroxylation is 1. The number of benzene rings is 3. The van der Waals surface area contributed by atoms with Gasteiger partial charge in [0.1, 0.15) is 11.5 Å². The average molecular weight is 551 g/mol. The smallest absolute Gasteiger partial charge is 0.238 e. The van der Waals surface area contributed by atoms with Crippen molar-refractivity contribution < 1.29 is 14.4 Å². The third kappa shape index (κ3) is 3.35. The van der Waals surface area contributed by atoms with Crippen molar-refractivity contribution in [2.24, 2.45) is 5.92 Å². The Morgan fingerprint density at radius 2 is 1.77 bits per heavy atom. The summed E-state index contributed by atoms with van der Waals surface area (Å²) in [4.78, 5) is 45.9. The second-order valence-corrected chi connectivity index (χ2v) is 11.7. The van der Waals surface area contributed by atoms with E-state index in [1.54, 1.807) is 30.3 Å². The molecule has 1 N–H and O–H groups in total. The fourth-order valence-corrected chi connectivity index (χ4v) is 7.49. The van der Waals surface area contributed by atoms with Crippen LogP contribution in [0.5, 0.6) is 0 Å². The topological polar surface area (TPSA) is 66.5 Å². The lowest BCUT2D eigenvalue weighted by molar-refractivity contribution is -0.121. The van der Waals surface area contributed by atoms with Crippen molar-refractivity contribution in [1.82, 2.24) is 0 Å². The maximum atomic E-state index is 14.5. The Labute approximate surface area is 234 Å². The molecule has 4 aromatic rings. The first kappa shape index (κ1) is 24.1. The van der Waals surface area contributed by atoms with Gasteiger partial charge in [-0.25, -0.2) is 0 Å². The van der Waals surface area contributed by atoms with Gasteiger partial charge in [-0.3, -0.25) is 14.4 Å². The van der Waals surface area contributed by atoms with Crippen LogP contribution in [0, 0.1) is 12.8 Å². The number of carbonyl (C=O) groups excluding carboxylic acids is 3. The van der Waals surface area contributed by atoms with Crippen LogP contribution in [-0.4, -0.2) is 29.6 Å². The number of Topliss-reactive ketones (excluding diaryl/α,β-unsaturated/α-hetero) is 2. The Bertz CT molecular complexity index is 1690. The van der Waals surface area contributed by atoms with Gasteiger partial charge < -0.3 is 10.2 Å². The number of ketones is 2. The number of hydrogen-bond donors (Lipinski definition) is 1. The van der Waals surface area contributed by atoms with Crippen LogP contribution in [0.1, 0.15) is 36.7 Å². The summed E-state index contributed by atoms with van der Waals surface area (Å²) in [5, 5.41) is 5.42. The van der Waals surface area contributed by atoms with E-state index < -0.39 is 23.4 Å². The lowest BCUT2D eigenvalue weighted by atomic mass is 9.64. The number of halogens is 1. The third-order valence-electron chi connectivity index (χ3n) is 8.23. The van der Waals surface area contributed by atoms with Gasteiger partial charge in [0.2, 0.25) is 5.91 Å². The van der Waals surface area contributed by atoms with E-state index in [9.17, 15) is 14.4 Å². The van der Waals surface area contributed by atoms with Crippen molar-refractivity contribution >= 4 is 57.9 Å². The second-order valence-electron chi connectivity index (χ2n) is 10.3. The van der Waals surface area contributed by atoms with Gasteiger partial charge in [-0.15, -0.1) is 11.3 Å². The Hall–Kier alpha value is -4.00. The SMILES string of the molecule is Cc1ccc2c(c1)C=C[C@H]1N2[C@H](C(=O)c2ccc(Cl)cc2)[C@H](C(=O)c2cccs2)[C@]12C(=O)Nc1ccccc12. The fourth-order valence-electron chi connectivity index (χ4n) is 6.66. The number of thiophene rings is 1. The molecule has 1 amide bonds. The van der Waals surface area contributed by atoms with Gasteiger partial charge in [0.25, 0.3) is 0 Å². The van der Waals surface area contributed by atoms with Gasteiger partial charge in [-0.1, -0.05) is 59.6 Å². The minimum atomic E-state index is -1.30. The molecule has 7 rings (SSSR count). The third-order valence-corrected chi connectivity index (χ3v) is 9.37. The number of amides is 1. The number of rotatable bonds is 4. The van der Waals surface area contributed by atoms with Crippen molar-refractivity contribution in [2.75, 3.05) is 10.2 Å². The minimum absolute atomic E-state index is 0.208. The number of para-hydroxylation sites is 1. The zero-order valence-corrected chi connectivity index (χ0v) is 22.5. The van der Waals surface area contributed by atoms with Crippen LogP contribution in [-0.2, 0) is 10.2 Å². The molecule has 1 saturated heterocycles. The summed E-state index contributed by atoms with van der Waals surface area (Å²) in [6.45, 7) is 2.02. The highest BCUT2D eigenvalue weighted by atomic mass is 35.5. The number of nitrogens with one attached hydrogen (secondary N) is 1. The van der Waals surface area contributed by atoms with E-state index >= 15 is 0 Å². The molecule has 7 heteroatoms. The summed E-state index contributed by atoms with van der Waals surface area (Å²) in [5.74, 6) is -1.66. The zero-order chi connectivity index (χ0) is 26.9. The first-order valence-electron chi connectivity index (χ1n) is 12.8. The highest BCUT2D eigenvalue weighted by Gasteiger charge is 2.70. The van der Waals surface area contributed by atoms with E-state index in [4.69, 9.17) is 11.6 Å². The van der Waals surface area contributed by atoms with Crippen LogP contribution < -0.4 is 10.2 Å². The summed E-state index contributed by atoms with van der Waals surface area (Å²) in [6, 6.07) is 22.4. The summed E-state index contributed by atoms with van der Waals surface area (Å²) < 4.78 is 0. The molecular formula is C32H23ClN2O3S. The predicted molar refractivity (Wildman–Crippen MR) is 155 cm³/mol. The Kier molecular flexibility index (Phi) is 5.41. The second kappa shape index (κ2) is 8.76. The van der Waals surface area contributed by atoms with Gasteiger partial charge >= 0.3 is 0 Å². The van der Waals surface area contributed by atoms with E-state index in [1.807, 2.05) is 71.8 Å². The molecule has 3 aliphatic heterocycles. The Morgan fingerprint density at radius 1 is 0.974 bits per heavy atom. The van der Waals surface area contributed by atoms with Gasteiger partial charge in [0.05, 0.1) is 16.8 Å². The molecule has 192 valence electrons. The first-order chi connectivity index (χ1) is 18.9. The van der Waals surface area contributed by atoms with E-state index in [2.05, 4.69) is 11.4 Å². The molecule has 0 aliphatic carbocycles. The van der Waals surface area contributed by atoms with Gasteiger partial charge in [0, 0.05) is 22.0 Å². The molecule has 3 aliphatic rings. The molecule has 0 unspecified atom stereocenters. The summed E-state index contributed by atoms with van der Waals surface area (Å²) in [6.07, 6.45) is 4.01. The minimum Gasteiger partial charge on any atom is -0.352 e. The first-order valence-corrected chi connectivity index (χ1v) is 14.0. The van der Waals surface area contributed by atoms with Crippen LogP contribution in [0.4, 0.5) is 11.4 Å². The number of nitrogens with zero attached hydrogens (tertiary/aromatic N) is 1. The molecule has 0 radical (unpaired) electrons. The number of carbonyl (C=O) groups is 3. The highest BCUT2D eigenvalue weighted by molar-refractivity contribution is 7.12. The highest BCUT2D eigenvalue weighted by Crippen LogP contribution is 2.58. The number of fused-ring (bicyclic) bond motifs is 6. The van der Waals surface area contributed by atoms with Crippen LogP contribution >= 0.6 is 22.9 Å². The van der Waals surface area contributed by atoms with E-state index in [0.717, 1.165) is 22.4 Å². The van der Waals surface area contributed by atoms with E-state index in [0.29, 0.717) is 21.2 Å². The normalized spacial score (nSPS) is 24.3. The standard InChI is InChI=1S/C32H23ClN2O3S/c1-18-8-14-24-20(17-18)11-15-26-32(22-5-2-3-6-23(22)34-31(32)38)27(30(37)25-7-4-16-39-25)28(35(24)26)29(36)19-9-12-21(33)13-10-19/h2-17,26-28H,1H3,(H,34,38)/t26-,27-,28+,32-/m1/s1. The molecule has 1 fully saturated rings.